The lowest BCUT2D eigenvalue weighted by atomic mass is 9.66. The number of para-hydroxylation sites is 4. The predicted octanol–water partition coefficient (Wildman–Crippen LogP) is 14.1. The first-order chi connectivity index (χ1) is 33.2. The van der Waals surface area contributed by atoms with Crippen molar-refractivity contribution in [3.05, 3.63) is 234 Å². The molecule has 7 nitrogen and oxygen atoms in total. The number of nitriles is 1. The molecule has 67 heavy (non-hydrogen) atoms. The fourth-order valence-electron chi connectivity index (χ4n) is 11.8. The van der Waals surface area contributed by atoms with Gasteiger partial charge in [0.2, 0.25) is 0 Å². The molecule has 6 heterocycles. The van der Waals surface area contributed by atoms with Gasteiger partial charge in [-0.1, -0.05) is 84.9 Å². The van der Waals surface area contributed by atoms with Crippen LogP contribution in [0.4, 0.5) is 0 Å². The third-order valence-corrected chi connectivity index (χ3v) is 14.4. The standard InChI is InChI=1S/C60H34N6O/c61-35-36-21-25-54-44(31-36)42-13-3-7-19-52(42)64(54)37-22-26-55-45(32-37)43-14-4-8-20-53(43)66(55)39-24-28-57-49(34-39)60(46-15-9-29-62-58(46)59-47(60)16-10-30-63-59)48-33-38(23-27-56(48)67-57)65-50-17-5-1-11-40(50)41-12-2-6-18-51(41)65/h1-34H. The summed E-state index contributed by atoms with van der Waals surface area (Å²) in [5, 5.41) is 16.7. The van der Waals surface area contributed by atoms with E-state index in [1.165, 1.54) is 10.8 Å². The van der Waals surface area contributed by atoms with Crippen LogP contribution < -0.4 is 4.74 Å². The highest BCUT2D eigenvalue weighted by Crippen LogP contribution is 2.62. The molecule has 0 atom stereocenters. The summed E-state index contributed by atoms with van der Waals surface area (Å²) >= 11 is 0. The van der Waals surface area contributed by atoms with E-state index in [2.05, 4.69) is 190 Å². The van der Waals surface area contributed by atoms with E-state index in [0.717, 1.165) is 117 Å². The van der Waals surface area contributed by atoms with Crippen molar-refractivity contribution in [3.8, 4) is 46.0 Å². The van der Waals surface area contributed by atoms with Gasteiger partial charge < -0.3 is 18.4 Å². The quantitative estimate of drug-likeness (QED) is 0.177. The van der Waals surface area contributed by atoms with Crippen molar-refractivity contribution in [1.82, 2.24) is 23.7 Å². The minimum atomic E-state index is -0.811. The topological polar surface area (TPSA) is 73.6 Å². The number of hydrogen-bond acceptors (Lipinski definition) is 4. The number of pyridine rings is 2. The monoisotopic (exact) mass is 854 g/mol. The summed E-state index contributed by atoms with van der Waals surface area (Å²) in [6.07, 6.45) is 3.75. The summed E-state index contributed by atoms with van der Waals surface area (Å²) in [7, 11) is 0. The van der Waals surface area contributed by atoms with Crippen molar-refractivity contribution in [1.29, 1.82) is 5.26 Å². The second kappa shape index (κ2) is 13.2. The first-order valence-corrected chi connectivity index (χ1v) is 22.5. The fourth-order valence-corrected chi connectivity index (χ4v) is 11.8. The highest BCUT2D eigenvalue weighted by atomic mass is 16.5. The zero-order valence-corrected chi connectivity index (χ0v) is 35.7. The lowest BCUT2D eigenvalue weighted by molar-refractivity contribution is 0.436. The summed E-state index contributed by atoms with van der Waals surface area (Å²) in [6, 6.07) is 71.4. The number of fused-ring (bicyclic) bond motifs is 18. The molecule has 0 N–H and O–H groups in total. The van der Waals surface area contributed by atoms with Crippen LogP contribution >= 0.6 is 0 Å². The van der Waals surface area contributed by atoms with E-state index in [4.69, 9.17) is 14.7 Å². The summed E-state index contributed by atoms with van der Waals surface area (Å²) in [5.41, 5.74) is 15.6. The molecule has 0 amide bonds. The average Bonchev–Trinajstić information content (AvgIpc) is 4.10. The van der Waals surface area contributed by atoms with Crippen molar-refractivity contribution in [3.63, 3.8) is 0 Å². The highest BCUT2D eigenvalue weighted by molar-refractivity contribution is 6.13. The van der Waals surface area contributed by atoms with E-state index in [1.807, 2.05) is 36.7 Å². The predicted molar refractivity (Wildman–Crippen MR) is 267 cm³/mol. The van der Waals surface area contributed by atoms with Crippen LogP contribution in [0.3, 0.4) is 0 Å². The van der Waals surface area contributed by atoms with Crippen molar-refractivity contribution in [2.24, 2.45) is 0 Å². The molecule has 13 aromatic rings. The number of rotatable bonds is 3. The maximum atomic E-state index is 9.80. The average molecular weight is 855 g/mol. The van der Waals surface area contributed by atoms with Crippen LogP contribution in [0.5, 0.6) is 11.5 Å². The molecule has 2 aliphatic rings. The molecule has 0 saturated heterocycles. The van der Waals surface area contributed by atoms with E-state index in [-0.39, 0.29) is 0 Å². The van der Waals surface area contributed by atoms with Crippen LogP contribution in [0.2, 0.25) is 0 Å². The Morgan fingerprint density at radius 3 is 1.27 bits per heavy atom. The Morgan fingerprint density at radius 1 is 0.373 bits per heavy atom. The van der Waals surface area contributed by atoms with Crippen LogP contribution in [0, 0.1) is 11.3 Å². The van der Waals surface area contributed by atoms with Crippen LogP contribution in [0.25, 0.3) is 93.9 Å². The Bertz CT molecular complexity index is 4250. The summed E-state index contributed by atoms with van der Waals surface area (Å²) in [4.78, 5) is 10.1. The molecule has 0 radical (unpaired) electrons. The van der Waals surface area contributed by atoms with E-state index in [0.29, 0.717) is 5.56 Å². The summed E-state index contributed by atoms with van der Waals surface area (Å²) < 4.78 is 14.1. The Morgan fingerprint density at radius 2 is 0.776 bits per heavy atom. The van der Waals surface area contributed by atoms with Crippen molar-refractivity contribution in [2.45, 2.75) is 5.41 Å². The van der Waals surface area contributed by atoms with Gasteiger partial charge in [0.05, 0.1) is 61.5 Å². The number of ether oxygens (including phenoxy) is 1. The van der Waals surface area contributed by atoms with Gasteiger partial charge in [-0.3, -0.25) is 9.97 Å². The third kappa shape index (κ3) is 4.68. The molecule has 0 fully saturated rings. The maximum Gasteiger partial charge on any atom is 0.132 e. The van der Waals surface area contributed by atoms with Gasteiger partial charge in [0.25, 0.3) is 0 Å². The zero-order chi connectivity index (χ0) is 44.0. The van der Waals surface area contributed by atoms with E-state index in [9.17, 15) is 5.26 Å². The summed E-state index contributed by atoms with van der Waals surface area (Å²) in [5.74, 6) is 1.59. The Kier molecular flexibility index (Phi) is 7.10. The van der Waals surface area contributed by atoms with Crippen LogP contribution in [0.15, 0.2) is 207 Å². The molecule has 310 valence electrons. The Hall–Kier alpha value is -9.25. The van der Waals surface area contributed by atoms with Gasteiger partial charge in [0.1, 0.15) is 11.5 Å². The van der Waals surface area contributed by atoms with Crippen LogP contribution in [-0.4, -0.2) is 23.7 Å². The SMILES string of the molecule is N#Cc1ccc2c(c1)c1ccccc1n2-c1ccc2c(c1)c1ccccc1n2-c1ccc2c(c1)C1(c3cc(-n4c5ccccc5c5ccccc54)ccc3O2)c2cccnc2-c2ncccc21. The zero-order valence-electron chi connectivity index (χ0n) is 35.7. The Balaban J connectivity index is 0.985. The smallest absolute Gasteiger partial charge is 0.132 e. The van der Waals surface area contributed by atoms with E-state index < -0.39 is 5.41 Å². The Labute approximate surface area is 383 Å². The molecular weight excluding hydrogens is 821 g/mol. The molecular formula is C60H34N6O. The molecule has 5 aromatic heterocycles. The molecule has 15 rings (SSSR count). The van der Waals surface area contributed by atoms with Crippen molar-refractivity contribution in [2.75, 3.05) is 0 Å². The van der Waals surface area contributed by atoms with Gasteiger partial charge in [-0.25, -0.2) is 0 Å². The third-order valence-electron chi connectivity index (χ3n) is 14.4. The lowest BCUT2D eigenvalue weighted by Gasteiger charge is -2.39. The molecule has 0 saturated carbocycles. The number of benzene rings is 8. The minimum Gasteiger partial charge on any atom is -0.457 e. The van der Waals surface area contributed by atoms with Gasteiger partial charge >= 0.3 is 0 Å². The molecule has 1 aliphatic heterocycles. The first kappa shape index (κ1) is 36.1. The van der Waals surface area contributed by atoms with Gasteiger partial charge in [-0.05, 0) is 120 Å². The second-order valence-electron chi connectivity index (χ2n) is 17.6. The van der Waals surface area contributed by atoms with E-state index in [1.54, 1.807) is 0 Å². The van der Waals surface area contributed by atoms with Crippen LogP contribution in [0.1, 0.15) is 27.8 Å². The lowest BCUT2D eigenvalue weighted by Crippen LogP contribution is -2.32. The van der Waals surface area contributed by atoms with Gasteiger partial charge in [0.15, 0.2) is 0 Å². The normalized spacial score (nSPS) is 13.3. The van der Waals surface area contributed by atoms with Crippen LogP contribution in [-0.2, 0) is 5.41 Å². The molecule has 1 spiro atoms. The first-order valence-electron chi connectivity index (χ1n) is 22.5. The highest BCUT2D eigenvalue weighted by Gasteiger charge is 2.52. The molecule has 0 unspecified atom stereocenters. The molecule has 8 aromatic carbocycles. The van der Waals surface area contributed by atoms with Gasteiger partial charge in [-0.15, -0.1) is 0 Å². The maximum absolute atomic E-state index is 9.80. The number of aromatic nitrogens is 5. The fraction of sp³-hybridized carbons (Fsp3) is 0.0167. The molecule has 0 bridgehead atoms. The summed E-state index contributed by atoms with van der Waals surface area (Å²) in [6.45, 7) is 0. The minimum absolute atomic E-state index is 0.648. The van der Waals surface area contributed by atoms with Crippen molar-refractivity contribution >= 4 is 65.4 Å². The van der Waals surface area contributed by atoms with Crippen molar-refractivity contribution < 1.29 is 4.74 Å². The van der Waals surface area contributed by atoms with Gasteiger partial charge in [-0.2, -0.15) is 5.26 Å². The number of hydrogen-bond donors (Lipinski definition) is 0. The molecule has 1 aliphatic carbocycles. The second-order valence-corrected chi connectivity index (χ2v) is 17.6. The largest absolute Gasteiger partial charge is 0.457 e. The van der Waals surface area contributed by atoms with E-state index >= 15 is 0 Å². The van der Waals surface area contributed by atoms with Gasteiger partial charge in [0, 0.05) is 72.9 Å². The molecule has 7 heteroatoms. The number of nitrogens with zero attached hydrogens (tertiary/aromatic N) is 6.